The first-order chi connectivity index (χ1) is 14.8. The summed E-state index contributed by atoms with van der Waals surface area (Å²) in [5, 5.41) is 1.82. The SMILES string of the molecule is COc1ccc(Cn2c(-c3sc4ccc(Cl)cc4c3C)cc(C(N)=O)c2C)cc1OC. The van der Waals surface area contributed by atoms with E-state index in [2.05, 4.69) is 11.5 Å². The highest BCUT2D eigenvalue weighted by molar-refractivity contribution is 7.22. The summed E-state index contributed by atoms with van der Waals surface area (Å²) in [6.07, 6.45) is 0. The van der Waals surface area contributed by atoms with Crippen molar-refractivity contribution in [1.29, 1.82) is 0 Å². The van der Waals surface area contributed by atoms with Crippen molar-refractivity contribution in [2.45, 2.75) is 20.4 Å². The van der Waals surface area contributed by atoms with Gasteiger partial charge >= 0.3 is 0 Å². The number of thiophene rings is 1. The number of fused-ring (bicyclic) bond motifs is 1. The zero-order valence-corrected chi connectivity index (χ0v) is 19.4. The number of halogens is 1. The summed E-state index contributed by atoms with van der Waals surface area (Å²) in [5.74, 6) is 0.895. The van der Waals surface area contributed by atoms with Crippen LogP contribution in [0.1, 0.15) is 27.2 Å². The van der Waals surface area contributed by atoms with E-state index in [0.717, 1.165) is 37.5 Å². The maximum atomic E-state index is 12.1. The van der Waals surface area contributed by atoms with Gasteiger partial charge in [0.25, 0.3) is 5.91 Å². The maximum absolute atomic E-state index is 12.1. The Bertz CT molecular complexity index is 1310. The maximum Gasteiger partial charge on any atom is 0.250 e. The van der Waals surface area contributed by atoms with Crippen molar-refractivity contribution in [3.63, 3.8) is 0 Å². The molecule has 0 atom stereocenters. The number of primary amides is 1. The monoisotopic (exact) mass is 454 g/mol. The zero-order valence-electron chi connectivity index (χ0n) is 17.8. The quantitative estimate of drug-likeness (QED) is 0.400. The number of hydrogen-bond donors (Lipinski definition) is 1. The number of aromatic nitrogens is 1. The van der Waals surface area contributed by atoms with Crippen LogP contribution in [0.4, 0.5) is 0 Å². The Morgan fingerprint density at radius 1 is 1.06 bits per heavy atom. The van der Waals surface area contributed by atoms with Crippen molar-refractivity contribution in [2.24, 2.45) is 5.73 Å². The first-order valence-electron chi connectivity index (χ1n) is 9.74. The van der Waals surface area contributed by atoms with Crippen LogP contribution in [0.15, 0.2) is 42.5 Å². The molecule has 0 aliphatic carbocycles. The van der Waals surface area contributed by atoms with E-state index in [9.17, 15) is 4.79 Å². The van der Waals surface area contributed by atoms with Gasteiger partial charge in [0.1, 0.15) is 0 Å². The molecule has 7 heteroatoms. The summed E-state index contributed by atoms with van der Waals surface area (Å²) < 4.78 is 14.1. The lowest BCUT2D eigenvalue weighted by atomic mass is 10.1. The van der Waals surface area contributed by atoms with Crippen molar-refractivity contribution in [2.75, 3.05) is 14.2 Å². The Morgan fingerprint density at radius 3 is 2.48 bits per heavy atom. The number of nitrogens with zero attached hydrogens (tertiary/aromatic N) is 1. The first-order valence-corrected chi connectivity index (χ1v) is 10.9. The molecule has 1 amide bonds. The number of methoxy groups -OCH3 is 2. The fourth-order valence-electron chi connectivity index (χ4n) is 3.89. The van der Waals surface area contributed by atoms with Gasteiger partial charge in [-0.15, -0.1) is 11.3 Å². The van der Waals surface area contributed by atoms with Gasteiger partial charge < -0.3 is 19.8 Å². The van der Waals surface area contributed by atoms with Crippen LogP contribution in [0.5, 0.6) is 11.5 Å². The lowest BCUT2D eigenvalue weighted by Gasteiger charge is -2.14. The van der Waals surface area contributed by atoms with Crippen molar-refractivity contribution in [3.8, 4) is 22.1 Å². The lowest BCUT2D eigenvalue weighted by Crippen LogP contribution is -2.12. The molecule has 0 aliphatic rings. The topological polar surface area (TPSA) is 66.5 Å². The van der Waals surface area contributed by atoms with Gasteiger partial charge in [0.05, 0.1) is 30.4 Å². The number of ether oxygens (including phenoxy) is 2. The standard InChI is InChI=1S/C24H23ClN2O3S/c1-13-17-10-16(25)6-8-22(17)31-23(13)19-11-18(24(26)28)14(2)27(19)12-15-5-7-20(29-3)21(9-15)30-4/h5-11H,12H2,1-4H3,(H2,26,28). The molecule has 2 heterocycles. The molecular weight excluding hydrogens is 432 g/mol. The van der Waals surface area contributed by atoms with Crippen LogP contribution in [-0.2, 0) is 6.54 Å². The molecule has 4 aromatic rings. The molecule has 0 spiro atoms. The highest BCUT2D eigenvalue weighted by Gasteiger charge is 2.21. The summed E-state index contributed by atoms with van der Waals surface area (Å²) in [5.41, 5.74) is 10.1. The second-order valence-electron chi connectivity index (χ2n) is 7.37. The molecule has 31 heavy (non-hydrogen) atoms. The third-order valence-electron chi connectivity index (χ3n) is 5.55. The van der Waals surface area contributed by atoms with Crippen LogP contribution in [0.3, 0.4) is 0 Å². The molecule has 4 rings (SSSR count). The van der Waals surface area contributed by atoms with Gasteiger partial charge in [-0.3, -0.25) is 4.79 Å². The third kappa shape index (κ3) is 3.77. The van der Waals surface area contributed by atoms with Gasteiger partial charge in [-0.2, -0.15) is 0 Å². The largest absolute Gasteiger partial charge is 0.493 e. The van der Waals surface area contributed by atoms with E-state index < -0.39 is 5.91 Å². The molecule has 2 aromatic heterocycles. The zero-order chi connectivity index (χ0) is 22.3. The van der Waals surface area contributed by atoms with Gasteiger partial charge in [-0.1, -0.05) is 17.7 Å². The van der Waals surface area contributed by atoms with Gasteiger partial charge in [0, 0.05) is 22.0 Å². The number of amides is 1. The Kier molecular flexibility index (Phi) is 5.69. The molecule has 0 radical (unpaired) electrons. The molecular formula is C24H23ClN2O3S. The van der Waals surface area contributed by atoms with Gasteiger partial charge in [0.15, 0.2) is 11.5 Å². The molecule has 0 unspecified atom stereocenters. The van der Waals surface area contributed by atoms with Crippen LogP contribution < -0.4 is 15.2 Å². The van der Waals surface area contributed by atoms with Gasteiger partial charge in [0.2, 0.25) is 0 Å². The van der Waals surface area contributed by atoms with E-state index in [1.54, 1.807) is 25.6 Å². The van der Waals surface area contributed by atoms with E-state index in [1.165, 1.54) is 0 Å². The van der Waals surface area contributed by atoms with Crippen LogP contribution in [0, 0.1) is 13.8 Å². The minimum Gasteiger partial charge on any atom is -0.493 e. The molecule has 0 saturated carbocycles. The Hall–Kier alpha value is -2.96. The second kappa shape index (κ2) is 8.29. The Balaban J connectivity index is 1.88. The summed E-state index contributed by atoms with van der Waals surface area (Å²) >= 11 is 7.91. The number of nitrogens with two attached hydrogens (primary N) is 1. The van der Waals surface area contributed by atoms with Crippen LogP contribution in [0.2, 0.25) is 5.02 Å². The molecule has 0 saturated heterocycles. The molecule has 0 aliphatic heterocycles. The van der Waals surface area contributed by atoms with E-state index in [4.69, 9.17) is 26.8 Å². The van der Waals surface area contributed by atoms with E-state index in [0.29, 0.717) is 28.6 Å². The minimum atomic E-state index is -0.438. The molecule has 0 bridgehead atoms. The van der Waals surface area contributed by atoms with Crippen LogP contribution in [-0.4, -0.2) is 24.7 Å². The Labute approximate surface area is 190 Å². The summed E-state index contributed by atoms with van der Waals surface area (Å²) in [6, 6.07) is 13.6. The summed E-state index contributed by atoms with van der Waals surface area (Å²) in [7, 11) is 3.23. The van der Waals surface area contributed by atoms with Crippen molar-refractivity contribution in [1.82, 2.24) is 4.57 Å². The van der Waals surface area contributed by atoms with E-state index in [1.807, 2.05) is 49.4 Å². The fraction of sp³-hybridized carbons (Fsp3) is 0.208. The summed E-state index contributed by atoms with van der Waals surface area (Å²) in [6.45, 7) is 4.56. The Morgan fingerprint density at radius 2 is 1.81 bits per heavy atom. The average Bonchev–Trinajstić information content (AvgIpc) is 3.25. The summed E-state index contributed by atoms with van der Waals surface area (Å²) in [4.78, 5) is 13.2. The van der Waals surface area contributed by atoms with Crippen molar-refractivity contribution < 1.29 is 14.3 Å². The molecule has 2 aromatic carbocycles. The predicted molar refractivity (Wildman–Crippen MR) is 127 cm³/mol. The van der Waals surface area contributed by atoms with E-state index in [-0.39, 0.29) is 0 Å². The molecule has 160 valence electrons. The number of rotatable bonds is 6. The van der Waals surface area contributed by atoms with Crippen molar-refractivity contribution >= 4 is 38.9 Å². The van der Waals surface area contributed by atoms with Crippen LogP contribution >= 0.6 is 22.9 Å². The van der Waals surface area contributed by atoms with Crippen molar-refractivity contribution in [3.05, 3.63) is 69.9 Å². The number of aryl methyl sites for hydroxylation is 1. The predicted octanol–water partition coefficient (Wildman–Crippen LogP) is 5.80. The smallest absolute Gasteiger partial charge is 0.250 e. The molecule has 0 fully saturated rings. The lowest BCUT2D eigenvalue weighted by molar-refractivity contribution is 0.0999. The fourth-order valence-corrected chi connectivity index (χ4v) is 5.27. The van der Waals surface area contributed by atoms with Gasteiger partial charge in [-0.05, 0) is 66.8 Å². The normalized spacial score (nSPS) is 11.1. The van der Waals surface area contributed by atoms with E-state index >= 15 is 0 Å². The number of benzene rings is 2. The third-order valence-corrected chi connectivity index (χ3v) is 7.08. The van der Waals surface area contributed by atoms with Gasteiger partial charge in [-0.25, -0.2) is 0 Å². The molecule has 2 N–H and O–H groups in total. The minimum absolute atomic E-state index is 0.438. The molecule has 5 nitrogen and oxygen atoms in total. The average molecular weight is 455 g/mol. The van der Waals surface area contributed by atoms with Crippen LogP contribution in [0.25, 0.3) is 20.7 Å². The highest BCUT2D eigenvalue weighted by atomic mass is 35.5. The number of carbonyl (C=O) groups is 1. The number of hydrogen-bond acceptors (Lipinski definition) is 4. The second-order valence-corrected chi connectivity index (χ2v) is 8.85. The first kappa shape index (κ1) is 21.3. The number of carbonyl (C=O) groups excluding carboxylic acids is 1. The highest BCUT2D eigenvalue weighted by Crippen LogP contribution is 2.41.